The molecular formula is C12H19NO. The molecule has 0 aromatic heterocycles. The summed E-state index contributed by atoms with van der Waals surface area (Å²) in [5.41, 5.74) is 1.08. The van der Waals surface area contributed by atoms with Crippen LogP contribution in [-0.4, -0.2) is 13.2 Å². The smallest absolute Gasteiger partial charge is 0.141 e. The molecule has 78 valence electrons. The second-order valence-corrected chi connectivity index (χ2v) is 3.53. The summed E-state index contributed by atoms with van der Waals surface area (Å²) in [6.07, 6.45) is 2.38. The van der Waals surface area contributed by atoms with Crippen LogP contribution in [-0.2, 0) is 0 Å². The number of nitrogens with one attached hydrogen (secondary N) is 1. The second-order valence-electron chi connectivity index (χ2n) is 3.53. The topological polar surface area (TPSA) is 21.3 Å². The van der Waals surface area contributed by atoms with Crippen molar-refractivity contribution >= 4 is 5.69 Å². The van der Waals surface area contributed by atoms with Crippen molar-refractivity contribution in [3.63, 3.8) is 0 Å². The van der Waals surface area contributed by atoms with Gasteiger partial charge >= 0.3 is 0 Å². The summed E-state index contributed by atoms with van der Waals surface area (Å²) in [6, 6.07) is 8.51. The average Bonchev–Trinajstić information content (AvgIpc) is 2.19. The molecule has 1 atom stereocenters. The molecule has 0 radical (unpaired) electrons. The van der Waals surface area contributed by atoms with Gasteiger partial charge in [0.15, 0.2) is 0 Å². The van der Waals surface area contributed by atoms with Crippen molar-refractivity contribution in [1.82, 2.24) is 0 Å². The van der Waals surface area contributed by atoms with Gasteiger partial charge in [0.1, 0.15) is 5.75 Å². The molecule has 0 heterocycles. The maximum absolute atomic E-state index is 5.26. The molecule has 0 saturated heterocycles. The fourth-order valence-corrected chi connectivity index (χ4v) is 1.53. The van der Waals surface area contributed by atoms with Gasteiger partial charge in [0.05, 0.1) is 12.8 Å². The Labute approximate surface area is 86.3 Å². The van der Waals surface area contributed by atoms with Crippen LogP contribution in [0.4, 0.5) is 5.69 Å². The number of anilines is 1. The van der Waals surface area contributed by atoms with Crippen LogP contribution in [0.15, 0.2) is 24.3 Å². The first-order chi connectivity index (χ1) is 6.77. The summed E-state index contributed by atoms with van der Waals surface area (Å²) in [5.74, 6) is 0.912. The van der Waals surface area contributed by atoms with Gasteiger partial charge in [-0.2, -0.15) is 0 Å². The first-order valence-electron chi connectivity index (χ1n) is 5.17. The van der Waals surface area contributed by atoms with Gasteiger partial charge in [-0.05, 0) is 25.5 Å². The predicted octanol–water partition coefficient (Wildman–Crippen LogP) is 3.30. The Hall–Kier alpha value is -1.18. The molecule has 1 unspecified atom stereocenters. The first kappa shape index (κ1) is 10.9. The van der Waals surface area contributed by atoms with E-state index >= 15 is 0 Å². The maximum Gasteiger partial charge on any atom is 0.141 e. The predicted molar refractivity (Wildman–Crippen MR) is 61.0 cm³/mol. The Morgan fingerprint density at radius 1 is 1.36 bits per heavy atom. The van der Waals surface area contributed by atoms with E-state index in [9.17, 15) is 0 Å². The van der Waals surface area contributed by atoms with E-state index in [4.69, 9.17) is 4.74 Å². The van der Waals surface area contributed by atoms with Crippen LogP contribution < -0.4 is 10.1 Å². The minimum Gasteiger partial charge on any atom is -0.495 e. The molecule has 0 amide bonds. The van der Waals surface area contributed by atoms with Gasteiger partial charge in [-0.15, -0.1) is 0 Å². The van der Waals surface area contributed by atoms with Gasteiger partial charge in [0.2, 0.25) is 0 Å². The molecule has 1 N–H and O–H groups in total. The minimum atomic E-state index is 0.497. The van der Waals surface area contributed by atoms with Crippen LogP contribution in [0.1, 0.15) is 26.7 Å². The van der Waals surface area contributed by atoms with Crippen LogP contribution in [0.5, 0.6) is 5.75 Å². The largest absolute Gasteiger partial charge is 0.495 e. The Morgan fingerprint density at radius 2 is 2.07 bits per heavy atom. The SMILES string of the molecule is CCCC(C)Nc1ccccc1OC. The zero-order chi connectivity index (χ0) is 10.4. The molecule has 1 aromatic carbocycles. The van der Waals surface area contributed by atoms with Crippen LogP contribution in [0.25, 0.3) is 0 Å². The van der Waals surface area contributed by atoms with E-state index in [1.807, 2.05) is 24.3 Å². The third kappa shape index (κ3) is 2.95. The fraction of sp³-hybridized carbons (Fsp3) is 0.500. The highest BCUT2D eigenvalue weighted by molar-refractivity contribution is 5.56. The van der Waals surface area contributed by atoms with Gasteiger partial charge in [-0.25, -0.2) is 0 Å². The van der Waals surface area contributed by atoms with E-state index in [0.717, 1.165) is 11.4 Å². The molecule has 1 rings (SSSR count). The number of hydrogen-bond acceptors (Lipinski definition) is 2. The maximum atomic E-state index is 5.26. The number of methoxy groups -OCH3 is 1. The van der Waals surface area contributed by atoms with Gasteiger partial charge in [-0.1, -0.05) is 25.5 Å². The van der Waals surface area contributed by atoms with Crippen molar-refractivity contribution in [2.75, 3.05) is 12.4 Å². The lowest BCUT2D eigenvalue weighted by molar-refractivity contribution is 0.416. The molecule has 2 heteroatoms. The molecule has 0 bridgehead atoms. The average molecular weight is 193 g/mol. The van der Waals surface area contributed by atoms with Crippen LogP contribution >= 0.6 is 0 Å². The fourth-order valence-electron chi connectivity index (χ4n) is 1.53. The molecular weight excluding hydrogens is 174 g/mol. The standard InChI is InChI=1S/C12H19NO/c1-4-7-10(2)13-11-8-5-6-9-12(11)14-3/h5-6,8-10,13H,4,7H2,1-3H3. The zero-order valence-corrected chi connectivity index (χ0v) is 9.21. The highest BCUT2D eigenvalue weighted by Crippen LogP contribution is 2.24. The van der Waals surface area contributed by atoms with Crippen molar-refractivity contribution in [3.8, 4) is 5.75 Å². The summed E-state index contributed by atoms with van der Waals surface area (Å²) >= 11 is 0. The van der Waals surface area contributed by atoms with E-state index in [-0.39, 0.29) is 0 Å². The Balaban J connectivity index is 2.65. The van der Waals surface area contributed by atoms with Gasteiger partial charge in [0.25, 0.3) is 0 Å². The Bertz CT molecular complexity index is 273. The number of para-hydroxylation sites is 2. The van der Waals surface area contributed by atoms with Crippen molar-refractivity contribution in [2.45, 2.75) is 32.7 Å². The molecule has 0 aliphatic rings. The van der Waals surface area contributed by atoms with Crippen molar-refractivity contribution in [3.05, 3.63) is 24.3 Å². The summed E-state index contributed by atoms with van der Waals surface area (Å²) in [7, 11) is 1.70. The quantitative estimate of drug-likeness (QED) is 0.774. The zero-order valence-electron chi connectivity index (χ0n) is 9.21. The molecule has 0 aliphatic carbocycles. The van der Waals surface area contributed by atoms with E-state index in [1.165, 1.54) is 12.8 Å². The van der Waals surface area contributed by atoms with Crippen LogP contribution in [0.3, 0.4) is 0 Å². The van der Waals surface area contributed by atoms with Gasteiger partial charge < -0.3 is 10.1 Å². The van der Waals surface area contributed by atoms with Gasteiger partial charge in [0, 0.05) is 6.04 Å². The molecule has 2 nitrogen and oxygen atoms in total. The highest BCUT2D eigenvalue weighted by atomic mass is 16.5. The van der Waals surface area contributed by atoms with E-state index in [0.29, 0.717) is 6.04 Å². The van der Waals surface area contributed by atoms with Crippen molar-refractivity contribution in [2.24, 2.45) is 0 Å². The van der Waals surface area contributed by atoms with E-state index in [2.05, 4.69) is 19.2 Å². The third-order valence-electron chi connectivity index (χ3n) is 2.23. The normalized spacial score (nSPS) is 12.2. The monoisotopic (exact) mass is 193 g/mol. The lowest BCUT2D eigenvalue weighted by Crippen LogP contribution is -2.14. The lowest BCUT2D eigenvalue weighted by atomic mass is 10.2. The lowest BCUT2D eigenvalue weighted by Gasteiger charge is -2.16. The van der Waals surface area contributed by atoms with Crippen molar-refractivity contribution in [1.29, 1.82) is 0 Å². The minimum absolute atomic E-state index is 0.497. The summed E-state index contributed by atoms with van der Waals surface area (Å²) in [5, 5.41) is 3.44. The first-order valence-corrected chi connectivity index (χ1v) is 5.17. The number of hydrogen-bond donors (Lipinski definition) is 1. The Morgan fingerprint density at radius 3 is 2.71 bits per heavy atom. The van der Waals surface area contributed by atoms with Crippen LogP contribution in [0.2, 0.25) is 0 Å². The number of rotatable bonds is 5. The van der Waals surface area contributed by atoms with E-state index in [1.54, 1.807) is 7.11 Å². The van der Waals surface area contributed by atoms with E-state index < -0.39 is 0 Å². The summed E-state index contributed by atoms with van der Waals surface area (Å²) < 4.78 is 5.26. The molecule has 0 saturated carbocycles. The molecule has 0 aliphatic heterocycles. The van der Waals surface area contributed by atoms with Crippen LogP contribution in [0, 0.1) is 0 Å². The molecule has 0 spiro atoms. The highest BCUT2D eigenvalue weighted by Gasteiger charge is 2.04. The second kappa shape index (κ2) is 5.53. The molecule has 1 aromatic rings. The molecule has 0 fully saturated rings. The third-order valence-corrected chi connectivity index (χ3v) is 2.23. The van der Waals surface area contributed by atoms with Crippen molar-refractivity contribution < 1.29 is 4.74 Å². The van der Waals surface area contributed by atoms with Gasteiger partial charge in [-0.3, -0.25) is 0 Å². The summed E-state index contributed by atoms with van der Waals surface area (Å²) in [6.45, 7) is 4.39. The Kier molecular flexibility index (Phi) is 4.30. The molecule has 14 heavy (non-hydrogen) atoms. The number of benzene rings is 1. The summed E-state index contributed by atoms with van der Waals surface area (Å²) in [4.78, 5) is 0. The number of ether oxygens (including phenoxy) is 1.